The van der Waals surface area contributed by atoms with Crippen LogP contribution in [0.2, 0.25) is 0 Å². The highest BCUT2D eigenvalue weighted by atomic mass is 16.4. The van der Waals surface area contributed by atoms with Gasteiger partial charge in [0, 0.05) is 13.1 Å². The number of hydrogen-bond donors (Lipinski definition) is 2. The number of carbonyl (C=O) groups is 3. The molecule has 1 saturated carbocycles. The normalized spacial score (nSPS) is 21.8. The Labute approximate surface area is 100.0 Å². The van der Waals surface area contributed by atoms with Crippen LogP contribution in [-0.2, 0) is 14.4 Å². The minimum Gasteiger partial charge on any atom is -0.481 e. The lowest BCUT2D eigenvalue weighted by Gasteiger charge is -2.20. The summed E-state index contributed by atoms with van der Waals surface area (Å²) in [6.45, 7) is 4.52. The van der Waals surface area contributed by atoms with Gasteiger partial charge in [-0.2, -0.15) is 0 Å². The van der Waals surface area contributed by atoms with Crippen LogP contribution in [-0.4, -0.2) is 47.4 Å². The van der Waals surface area contributed by atoms with Gasteiger partial charge in [0.1, 0.15) is 0 Å². The summed E-state index contributed by atoms with van der Waals surface area (Å²) in [7, 11) is 0. The van der Waals surface area contributed by atoms with Crippen molar-refractivity contribution in [2.24, 2.45) is 11.8 Å². The number of carboxylic acid groups (broad SMARTS) is 1. The maximum absolute atomic E-state index is 11.9. The smallest absolute Gasteiger partial charge is 0.307 e. The van der Waals surface area contributed by atoms with E-state index >= 15 is 0 Å². The number of likely N-dealkylation sites (N-methyl/N-ethyl adjacent to an activating group) is 2. The molecule has 2 N–H and O–H groups in total. The Balaban J connectivity index is 2.48. The second-order valence-electron chi connectivity index (χ2n) is 4.09. The maximum atomic E-state index is 11.9. The Morgan fingerprint density at radius 2 is 1.94 bits per heavy atom. The molecule has 0 aromatic carbocycles. The van der Waals surface area contributed by atoms with Gasteiger partial charge in [-0.05, 0) is 20.3 Å². The minimum absolute atomic E-state index is 0.00596. The summed E-state index contributed by atoms with van der Waals surface area (Å²) in [6.07, 6.45) is 0.389. The highest BCUT2D eigenvalue weighted by Crippen LogP contribution is 2.39. The first-order chi connectivity index (χ1) is 8.01. The van der Waals surface area contributed by atoms with Crippen LogP contribution >= 0.6 is 0 Å². The van der Waals surface area contributed by atoms with Crippen LogP contribution in [0.15, 0.2) is 0 Å². The highest BCUT2D eigenvalue weighted by molar-refractivity contribution is 5.91. The molecule has 2 atom stereocenters. The average Bonchev–Trinajstić information content (AvgIpc) is 3.05. The van der Waals surface area contributed by atoms with Crippen LogP contribution < -0.4 is 5.32 Å². The van der Waals surface area contributed by atoms with E-state index in [0.717, 1.165) is 0 Å². The molecule has 0 aromatic heterocycles. The standard InChI is InChI=1S/C11H18N2O4/c1-3-12-9(14)6-13(4-2)10(15)7-5-8(7)11(16)17/h7-8H,3-6H2,1-2H3,(H,12,14)(H,16,17)/t7-,8+/m1/s1. The van der Waals surface area contributed by atoms with Crippen molar-refractivity contribution < 1.29 is 19.5 Å². The molecule has 0 aliphatic heterocycles. The van der Waals surface area contributed by atoms with Gasteiger partial charge in [-0.15, -0.1) is 0 Å². The van der Waals surface area contributed by atoms with E-state index in [-0.39, 0.29) is 18.4 Å². The first-order valence-electron chi connectivity index (χ1n) is 5.79. The summed E-state index contributed by atoms with van der Waals surface area (Å²) in [6, 6.07) is 0. The lowest BCUT2D eigenvalue weighted by Crippen LogP contribution is -2.41. The number of amides is 2. The topological polar surface area (TPSA) is 86.7 Å². The minimum atomic E-state index is -0.933. The van der Waals surface area contributed by atoms with Crippen molar-refractivity contribution in [3.05, 3.63) is 0 Å². The third-order valence-corrected chi connectivity index (χ3v) is 2.83. The number of aliphatic carboxylic acids is 1. The number of nitrogens with zero attached hydrogens (tertiary/aromatic N) is 1. The summed E-state index contributed by atoms with van der Waals surface area (Å²) in [5.74, 6) is -2.38. The molecule has 1 fully saturated rings. The van der Waals surface area contributed by atoms with Crippen LogP contribution in [0.1, 0.15) is 20.3 Å². The molecular weight excluding hydrogens is 224 g/mol. The van der Waals surface area contributed by atoms with Gasteiger partial charge in [0.05, 0.1) is 18.4 Å². The van der Waals surface area contributed by atoms with Gasteiger partial charge >= 0.3 is 5.97 Å². The van der Waals surface area contributed by atoms with Crippen LogP contribution in [0.3, 0.4) is 0 Å². The van der Waals surface area contributed by atoms with E-state index in [2.05, 4.69) is 5.32 Å². The number of carboxylic acids is 1. The Kier molecular flexibility index (Phi) is 4.48. The molecule has 0 unspecified atom stereocenters. The SMILES string of the molecule is CCNC(=O)CN(CC)C(=O)[C@@H]1C[C@@H]1C(=O)O. The fraction of sp³-hybridized carbons (Fsp3) is 0.727. The van der Waals surface area contributed by atoms with Crippen molar-refractivity contribution in [3.63, 3.8) is 0 Å². The van der Waals surface area contributed by atoms with Crippen molar-refractivity contribution in [1.82, 2.24) is 10.2 Å². The van der Waals surface area contributed by atoms with Crippen LogP contribution in [0.25, 0.3) is 0 Å². The molecule has 0 spiro atoms. The van der Waals surface area contributed by atoms with Crippen LogP contribution in [0.5, 0.6) is 0 Å². The van der Waals surface area contributed by atoms with Crippen molar-refractivity contribution in [3.8, 4) is 0 Å². The monoisotopic (exact) mass is 242 g/mol. The number of nitrogens with one attached hydrogen (secondary N) is 1. The van der Waals surface area contributed by atoms with Gasteiger partial charge in [0.15, 0.2) is 0 Å². The Hall–Kier alpha value is -1.59. The predicted octanol–water partition coefficient (Wildman–Crippen LogP) is -0.308. The lowest BCUT2D eigenvalue weighted by atomic mass is 10.2. The van der Waals surface area contributed by atoms with Gasteiger partial charge in [-0.25, -0.2) is 0 Å². The van der Waals surface area contributed by atoms with Gasteiger partial charge < -0.3 is 15.3 Å². The first-order valence-corrected chi connectivity index (χ1v) is 5.79. The quantitative estimate of drug-likeness (QED) is 0.669. The van der Waals surface area contributed by atoms with Crippen LogP contribution in [0, 0.1) is 11.8 Å². The number of carbonyl (C=O) groups excluding carboxylic acids is 2. The van der Waals surface area contributed by atoms with Gasteiger partial charge in [-0.1, -0.05) is 0 Å². The van der Waals surface area contributed by atoms with E-state index in [1.165, 1.54) is 4.90 Å². The second kappa shape index (κ2) is 5.65. The van der Waals surface area contributed by atoms with Gasteiger partial charge in [-0.3, -0.25) is 14.4 Å². The third kappa shape index (κ3) is 3.44. The van der Waals surface area contributed by atoms with E-state index in [1.54, 1.807) is 13.8 Å². The summed E-state index contributed by atoms with van der Waals surface area (Å²) < 4.78 is 0. The van der Waals surface area contributed by atoms with Crippen LogP contribution in [0.4, 0.5) is 0 Å². The lowest BCUT2D eigenvalue weighted by molar-refractivity contribution is -0.142. The molecule has 1 rings (SSSR count). The second-order valence-corrected chi connectivity index (χ2v) is 4.09. The molecule has 6 nitrogen and oxygen atoms in total. The van der Waals surface area contributed by atoms with Crippen molar-refractivity contribution >= 4 is 17.8 Å². The van der Waals surface area contributed by atoms with Crippen molar-refractivity contribution in [1.29, 1.82) is 0 Å². The fourth-order valence-corrected chi connectivity index (χ4v) is 1.75. The molecule has 96 valence electrons. The van der Waals surface area contributed by atoms with E-state index in [9.17, 15) is 14.4 Å². The molecule has 0 radical (unpaired) electrons. The molecule has 0 heterocycles. The average molecular weight is 242 g/mol. The molecule has 0 saturated heterocycles. The summed E-state index contributed by atoms with van der Waals surface area (Å²) in [5, 5.41) is 11.4. The fourth-order valence-electron chi connectivity index (χ4n) is 1.75. The Morgan fingerprint density at radius 3 is 2.35 bits per heavy atom. The van der Waals surface area contributed by atoms with E-state index in [0.29, 0.717) is 19.5 Å². The summed E-state index contributed by atoms with van der Waals surface area (Å²) in [5.41, 5.74) is 0. The maximum Gasteiger partial charge on any atom is 0.307 e. The molecule has 0 aromatic rings. The zero-order valence-corrected chi connectivity index (χ0v) is 10.1. The van der Waals surface area contributed by atoms with Crippen molar-refractivity contribution in [2.75, 3.05) is 19.6 Å². The van der Waals surface area contributed by atoms with Gasteiger partial charge in [0.25, 0.3) is 0 Å². The van der Waals surface area contributed by atoms with Gasteiger partial charge in [0.2, 0.25) is 11.8 Å². The van der Waals surface area contributed by atoms with Crippen molar-refractivity contribution in [2.45, 2.75) is 20.3 Å². The molecule has 17 heavy (non-hydrogen) atoms. The molecule has 1 aliphatic rings. The summed E-state index contributed by atoms with van der Waals surface area (Å²) in [4.78, 5) is 35.3. The molecule has 6 heteroatoms. The first kappa shape index (κ1) is 13.5. The largest absolute Gasteiger partial charge is 0.481 e. The molecular formula is C11H18N2O4. The Morgan fingerprint density at radius 1 is 1.29 bits per heavy atom. The Bertz CT molecular complexity index is 329. The molecule has 1 aliphatic carbocycles. The number of hydrogen-bond acceptors (Lipinski definition) is 3. The predicted molar refractivity (Wildman–Crippen MR) is 60.2 cm³/mol. The molecule has 0 bridgehead atoms. The van der Waals surface area contributed by atoms with E-state index < -0.39 is 17.8 Å². The zero-order chi connectivity index (χ0) is 13.0. The highest BCUT2D eigenvalue weighted by Gasteiger charge is 2.49. The molecule has 2 amide bonds. The van der Waals surface area contributed by atoms with E-state index in [1.807, 2.05) is 0 Å². The van der Waals surface area contributed by atoms with E-state index in [4.69, 9.17) is 5.11 Å². The zero-order valence-electron chi connectivity index (χ0n) is 10.1. The summed E-state index contributed by atoms with van der Waals surface area (Å²) >= 11 is 0. The number of rotatable bonds is 6. The third-order valence-electron chi connectivity index (χ3n) is 2.83.